The lowest BCUT2D eigenvalue weighted by molar-refractivity contribution is -0.144. The van der Waals surface area contributed by atoms with E-state index in [0.717, 1.165) is 34.4 Å². The Labute approximate surface area is 249 Å². The summed E-state index contributed by atoms with van der Waals surface area (Å²) in [5.74, 6) is -0.170. The maximum absolute atomic E-state index is 13.4. The van der Waals surface area contributed by atoms with Crippen LogP contribution in [0.15, 0.2) is 24.3 Å². The third kappa shape index (κ3) is 8.79. The number of piperazine rings is 1. The molecule has 2 heterocycles. The Morgan fingerprint density at radius 1 is 1.10 bits per heavy atom. The number of urea groups is 1. The number of hydrogen-bond donors (Lipinski definition) is 3. The van der Waals surface area contributed by atoms with Crippen LogP contribution in [0.1, 0.15) is 49.7 Å². The van der Waals surface area contributed by atoms with E-state index in [-0.39, 0.29) is 68.8 Å². The minimum absolute atomic E-state index is 0. The fraction of sp³-hybridized carbons (Fsp3) is 0.500. The van der Waals surface area contributed by atoms with Crippen molar-refractivity contribution in [2.75, 3.05) is 38.1 Å². The number of esters is 1. The SMILES string of the molecule is CCOC(=O)CCN1CCN(C(=O)Nc2c(C)nc(CC(C)C)c(CN)c2-c2ccc(CN)cc2)CC1=O.Cl.Cl. The molecule has 2 aromatic rings. The molecule has 12 heteroatoms. The smallest absolute Gasteiger partial charge is 0.322 e. The van der Waals surface area contributed by atoms with Crippen molar-refractivity contribution in [1.29, 1.82) is 0 Å². The van der Waals surface area contributed by atoms with Crippen molar-refractivity contribution in [2.24, 2.45) is 17.4 Å². The van der Waals surface area contributed by atoms with Gasteiger partial charge in [0.05, 0.1) is 24.4 Å². The number of benzene rings is 1. The molecule has 3 amide bonds. The molecule has 0 atom stereocenters. The minimum Gasteiger partial charge on any atom is -0.466 e. The van der Waals surface area contributed by atoms with Crippen LogP contribution in [0.4, 0.5) is 10.5 Å². The predicted molar refractivity (Wildman–Crippen MR) is 162 cm³/mol. The molecule has 5 N–H and O–H groups in total. The number of aromatic nitrogens is 1. The Balaban J connectivity index is 0.00000400. The number of pyridine rings is 1. The van der Waals surface area contributed by atoms with E-state index in [1.165, 1.54) is 4.90 Å². The molecule has 3 rings (SSSR count). The molecule has 222 valence electrons. The second-order valence-electron chi connectivity index (χ2n) is 9.86. The second-order valence-corrected chi connectivity index (χ2v) is 9.86. The largest absolute Gasteiger partial charge is 0.466 e. The number of carbonyl (C=O) groups is 3. The van der Waals surface area contributed by atoms with Gasteiger partial charge >= 0.3 is 12.0 Å². The van der Waals surface area contributed by atoms with Crippen LogP contribution in [0.2, 0.25) is 0 Å². The summed E-state index contributed by atoms with van der Waals surface area (Å²) in [5.41, 5.74) is 17.9. The van der Waals surface area contributed by atoms with Gasteiger partial charge in [0.1, 0.15) is 6.54 Å². The van der Waals surface area contributed by atoms with Gasteiger partial charge in [-0.3, -0.25) is 14.6 Å². The highest BCUT2D eigenvalue weighted by atomic mass is 35.5. The summed E-state index contributed by atoms with van der Waals surface area (Å²) in [6.07, 6.45) is 0.894. The molecule has 1 aromatic heterocycles. The molecule has 0 radical (unpaired) electrons. The molecule has 0 unspecified atom stereocenters. The molecule has 1 aliphatic rings. The van der Waals surface area contributed by atoms with Crippen molar-refractivity contribution in [3.63, 3.8) is 0 Å². The normalized spacial score (nSPS) is 13.0. The molecule has 0 spiro atoms. The summed E-state index contributed by atoms with van der Waals surface area (Å²) in [6, 6.07) is 7.52. The summed E-state index contributed by atoms with van der Waals surface area (Å²) < 4.78 is 4.94. The molecule has 1 fully saturated rings. The van der Waals surface area contributed by atoms with Gasteiger partial charge in [-0.05, 0) is 42.9 Å². The van der Waals surface area contributed by atoms with E-state index in [9.17, 15) is 14.4 Å². The maximum atomic E-state index is 13.4. The van der Waals surface area contributed by atoms with Gasteiger partial charge in [-0.2, -0.15) is 0 Å². The molecule has 10 nitrogen and oxygen atoms in total. The minimum atomic E-state index is -0.382. The van der Waals surface area contributed by atoms with Crippen molar-refractivity contribution < 1.29 is 19.1 Å². The lowest BCUT2D eigenvalue weighted by atomic mass is 9.92. The van der Waals surface area contributed by atoms with Crippen LogP contribution in [0.5, 0.6) is 0 Å². The van der Waals surface area contributed by atoms with Gasteiger partial charge in [0.2, 0.25) is 5.91 Å². The van der Waals surface area contributed by atoms with Gasteiger partial charge in [0.25, 0.3) is 0 Å². The third-order valence-corrected chi connectivity index (χ3v) is 6.58. The van der Waals surface area contributed by atoms with E-state index in [0.29, 0.717) is 43.5 Å². The summed E-state index contributed by atoms with van der Waals surface area (Å²) in [4.78, 5) is 45.6. The van der Waals surface area contributed by atoms with Crippen molar-refractivity contribution >= 4 is 48.4 Å². The molecule has 0 saturated carbocycles. The Bertz CT molecular complexity index is 1160. The van der Waals surface area contributed by atoms with Crippen LogP contribution >= 0.6 is 24.8 Å². The van der Waals surface area contributed by atoms with Crippen LogP contribution in [-0.2, 0) is 33.8 Å². The van der Waals surface area contributed by atoms with E-state index in [4.69, 9.17) is 21.2 Å². The zero-order chi connectivity index (χ0) is 27.8. The molecular formula is C28H42Cl2N6O4. The van der Waals surface area contributed by atoms with Gasteiger partial charge in [0, 0.05) is 44.0 Å². The van der Waals surface area contributed by atoms with Crippen LogP contribution < -0.4 is 16.8 Å². The number of halogens is 2. The predicted octanol–water partition coefficient (Wildman–Crippen LogP) is 3.65. The first-order valence-electron chi connectivity index (χ1n) is 13.2. The first-order valence-corrected chi connectivity index (χ1v) is 13.2. The van der Waals surface area contributed by atoms with Gasteiger partial charge in [-0.1, -0.05) is 38.1 Å². The Kier molecular flexibility index (Phi) is 14.4. The lowest BCUT2D eigenvalue weighted by Gasteiger charge is -2.34. The van der Waals surface area contributed by atoms with E-state index < -0.39 is 0 Å². The van der Waals surface area contributed by atoms with Gasteiger partial charge in [0.15, 0.2) is 0 Å². The average Bonchev–Trinajstić information content (AvgIpc) is 2.89. The zero-order valence-electron chi connectivity index (χ0n) is 23.7. The fourth-order valence-electron chi connectivity index (χ4n) is 4.62. The van der Waals surface area contributed by atoms with Crippen LogP contribution in [0.3, 0.4) is 0 Å². The van der Waals surface area contributed by atoms with Crippen LogP contribution in [0.25, 0.3) is 11.1 Å². The number of hydrogen-bond acceptors (Lipinski definition) is 7. The fourth-order valence-corrected chi connectivity index (χ4v) is 4.62. The highest BCUT2D eigenvalue weighted by Crippen LogP contribution is 2.36. The average molecular weight is 598 g/mol. The number of nitrogens with one attached hydrogen (secondary N) is 1. The molecule has 40 heavy (non-hydrogen) atoms. The monoisotopic (exact) mass is 596 g/mol. The highest BCUT2D eigenvalue weighted by Gasteiger charge is 2.29. The van der Waals surface area contributed by atoms with Crippen molar-refractivity contribution in [2.45, 2.75) is 53.6 Å². The third-order valence-electron chi connectivity index (χ3n) is 6.58. The van der Waals surface area contributed by atoms with Crippen LogP contribution in [-0.4, -0.2) is 65.5 Å². The van der Waals surface area contributed by atoms with Crippen molar-refractivity contribution in [3.05, 3.63) is 46.8 Å². The zero-order valence-corrected chi connectivity index (χ0v) is 25.3. The lowest BCUT2D eigenvalue weighted by Crippen LogP contribution is -2.53. The Hall–Kier alpha value is -2.92. The molecule has 0 aliphatic carbocycles. The van der Waals surface area contributed by atoms with E-state index in [2.05, 4.69) is 19.2 Å². The summed E-state index contributed by atoms with van der Waals surface area (Å²) in [6.45, 7) is 9.78. The number of aryl methyl sites for hydroxylation is 1. The molecule has 1 aliphatic heterocycles. The first kappa shape index (κ1) is 35.1. The summed E-state index contributed by atoms with van der Waals surface area (Å²) >= 11 is 0. The number of nitrogens with zero attached hydrogens (tertiary/aromatic N) is 3. The van der Waals surface area contributed by atoms with Gasteiger partial charge < -0.3 is 31.3 Å². The summed E-state index contributed by atoms with van der Waals surface area (Å²) in [7, 11) is 0. The first-order chi connectivity index (χ1) is 18.2. The van der Waals surface area contributed by atoms with E-state index in [1.54, 1.807) is 11.8 Å². The van der Waals surface area contributed by atoms with Crippen molar-refractivity contribution in [3.8, 4) is 11.1 Å². The summed E-state index contributed by atoms with van der Waals surface area (Å²) in [5, 5.41) is 3.03. The Morgan fingerprint density at radius 2 is 1.77 bits per heavy atom. The van der Waals surface area contributed by atoms with E-state index in [1.807, 2.05) is 31.2 Å². The maximum Gasteiger partial charge on any atom is 0.322 e. The molecular weight excluding hydrogens is 555 g/mol. The molecule has 0 bridgehead atoms. The topological polar surface area (TPSA) is 144 Å². The number of carbonyl (C=O) groups excluding carboxylic acids is 3. The molecule has 1 saturated heterocycles. The van der Waals surface area contributed by atoms with Gasteiger partial charge in [-0.15, -0.1) is 24.8 Å². The highest BCUT2D eigenvalue weighted by molar-refractivity contribution is 5.98. The number of nitrogens with two attached hydrogens (primary N) is 2. The number of ether oxygens (including phenoxy) is 1. The number of amides is 3. The van der Waals surface area contributed by atoms with Gasteiger partial charge in [-0.25, -0.2) is 4.79 Å². The number of rotatable bonds is 10. The number of anilines is 1. The standard InChI is InChI=1S/C28H40N6O4.2ClH/c1-5-38-25(36)10-11-33-12-13-34(17-24(33)35)28(37)32-27-19(4)31-23(14-18(2)3)22(16-30)26(27)21-8-6-20(15-29)7-9-21;;/h6-9,18H,5,10-17,29-30H2,1-4H3,(H,32,37);2*1H. The van der Waals surface area contributed by atoms with Crippen LogP contribution in [0, 0.1) is 12.8 Å². The second kappa shape index (κ2) is 16.4. The Morgan fingerprint density at radius 3 is 2.33 bits per heavy atom. The van der Waals surface area contributed by atoms with E-state index >= 15 is 0 Å². The van der Waals surface area contributed by atoms with Crippen molar-refractivity contribution in [1.82, 2.24) is 14.8 Å². The quantitative estimate of drug-likeness (QED) is 0.355. The molecule has 1 aromatic carbocycles.